The molecule has 0 radical (unpaired) electrons. The fourth-order valence-electron chi connectivity index (χ4n) is 2.90. The summed E-state index contributed by atoms with van der Waals surface area (Å²) < 4.78 is 13.2. The number of aryl methyl sites for hydroxylation is 1. The number of amides is 1. The molecule has 8 heteroatoms. The summed E-state index contributed by atoms with van der Waals surface area (Å²) in [7, 11) is 0. The number of hydrogen-bond acceptors (Lipinski definition) is 4. The van der Waals surface area contributed by atoms with Gasteiger partial charge in [-0.05, 0) is 31.0 Å². The molecule has 6 nitrogen and oxygen atoms in total. The minimum atomic E-state index is -0.550. The topological polar surface area (TPSA) is 87.7 Å². The Balaban J connectivity index is 1.64. The van der Waals surface area contributed by atoms with Gasteiger partial charge in [0.05, 0.1) is 5.02 Å². The van der Waals surface area contributed by atoms with Crippen LogP contribution in [0.1, 0.15) is 37.8 Å². The molecule has 2 aromatic rings. The van der Waals surface area contributed by atoms with Gasteiger partial charge in [-0.15, -0.1) is 10.2 Å². The minimum Gasteiger partial charge on any atom is -0.353 e. The normalized spacial score (nSPS) is 14.6. The Bertz CT molecular complexity index is 834. The monoisotopic (exact) mass is 364 g/mol. The summed E-state index contributed by atoms with van der Waals surface area (Å²) in [6.07, 6.45) is 4.72. The first-order chi connectivity index (χ1) is 12.0. The van der Waals surface area contributed by atoms with E-state index in [0.29, 0.717) is 5.56 Å². The Morgan fingerprint density at radius 3 is 2.76 bits per heavy atom. The van der Waals surface area contributed by atoms with Crippen molar-refractivity contribution in [3.05, 3.63) is 45.1 Å². The van der Waals surface area contributed by atoms with Gasteiger partial charge in [0.1, 0.15) is 11.5 Å². The number of halogens is 2. The Kier molecular flexibility index (Phi) is 5.43. The highest BCUT2D eigenvalue weighted by molar-refractivity contribution is 6.31. The Morgan fingerprint density at radius 2 is 2.08 bits per heavy atom. The predicted molar refractivity (Wildman–Crippen MR) is 91.8 cm³/mol. The van der Waals surface area contributed by atoms with Gasteiger partial charge in [-0.2, -0.15) is 0 Å². The van der Waals surface area contributed by atoms with Crippen molar-refractivity contribution in [1.29, 1.82) is 0 Å². The van der Waals surface area contributed by atoms with E-state index in [2.05, 4.69) is 20.5 Å². The number of rotatable bonds is 5. The van der Waals surface area contributed by atoms with Crippen molar-refractivity contribution in [3.63, 3.8) is 0 Å². The molecule has 0 spiro atoms. The number of nitrogens with zero attached hydrogens (tertiary/aromatic N) is 2. The lowest BCUT2D eigenvalue weighted by Gasteiger charge is -2.11. The van der Waals surface area contributed by atoms with Crippen LogP contribution < -0.4 is 10.9 Å². The van der Waals surface area contributed by atoms with Gasteiger partial charge in [-0.1, -0.05) is 24.4 Å². The third-order valence-electron chi connectivity index (χ3n) is 4.27. The molecule has 1 saturated carbocycles. The summed E-state index contributed by atoms with van der Waals surface area (Å²) in [5, 5.41) is 10.7. The van der Waals surface area contributed by atoms with Crippen LogP contribution in [-0.2, 0) is 11.2 Å². The molecule has 0 atom stereocenters. The van der Waals surface area contributed by atoms with Crippen LogP contribution in [0.3, 0.4) is 0 Å². The van der Waals surface area contributed by atoms with Gasteiger partial charge in [0.2, 0.25) is 5.91 Å². The average Bonchev–Trinajstić information content (AvgIpc) is 3.09. The first-order valence-electron chi connectivity index (χ1n) is 8.23. The third kappa shape index (κ3) is 4.42. The maximum absolute atomic E-state index is 13.2. The van der Waals surface area contributed by atoms with Crippen LogP contribution in [0.25, 0.3) is 11.4 Å². The van der Waals surface area contributed by atoms with Crippen molar-refractivity contribution in [2.45, 2.75) is 44.6 Å². The molecule has 1 aliphatic carbocycles. The molecule has 1 fully saturated rings. The van der Waals surface area contributed by atoms with E-state index >= 15 is 0 Å². The van der Waals surface area contributed by atoms with Crippen molar-refractivity contribution in [3.8, 4) is 11.4 Å². The number of benzene rings is 1. The molecule has 0 bridgehead atoms. The zero-order valence-corrected chi connectivity index (χ0v) is 14.3. The van der Waals surface area contributed by atoms with Gasteiger partial charge < -0.3 is 10.3 Å². The summed E-state index contributed by atoms with van der Waals surface area (Å²) in [5.41, 5.74) is 0.235. The molecule has 132 valence electrons. The van der Waals surface area contributed by atoms with E-state index < -0.39 is 11.4 Å². The van der Waals surface area contributed by atoms with Gasteiger partial charge in [-0.25, -0.2) is 4.39 Å². The Labute approximate surface area is 148 Å². The highest BCUT2D eigenvalue weighted by Crippen LogP contribution is 2.21. The minimum absolute atomic E-state index is 0.0622. The molecule has 1 amide bonds. The van der Waals surface area contributed by atoms with Gasteiger partial charge in [0.25, 0.3) is 5.56 Å². The fourth-order valence-corrected chi connectivity index (χ4v) is 3.08. The molecule has 2 N–H and O–H groups in total. The molecular weight excluding hydrogens is 347 g/mol. The van der Waals surface area contributed by atoms with E-state index in [-0.39, 0.29) is 41.3 Å². The van der Waals surface area contributed by atoms with Gasteiger partial charge in [0, 0.05) is 24.4 Å². The van der Waals surface area contributed by atoms with Crippen molar-refractivity contribution in [2.75, 3.05) is 0 Å². The zero-order valence-electron chi connectivity index (χ0n) is 13.5. The molecule has 0 aliphatic heterocycles. The van der Waals surface area contributed by atoms with Crippen LogP contribution in [0.4, 0.5) is 4.39 Å². The number of hydrogen-bond donors (Lipinski definition) is 2. The third-order valence-corrected chi connectivity index (χ3v) is 4.56. The lowest BCUT2D eigenvalue weighted by Crippen LogP contribution is -2.33. The molecule has 3 rings (SSSR count). The predicted octanol–water partition coefficient (Wildman–Crippen LogP) is 2.62. The highest BCUT2D eigenvalue weighted by Gasteiger charge is 2.17. The highest BCUT2D eigenvalue weighted by atomic mass is 35.5. The maximum Gasteiger partial charge on any atom is 0.273 e. The Hall–Kier alpha value is -2.28. The molecule has 0 unspecified atom stereocenters. The number of aromatic amines is 1. The van der Waals surface area contributed by atoms with Gasteiger partial charge >= 0.3 is 0 Å². The largest absolute Gasteiger partial charge is 0.353 e. The molecular formula is C17H18ClFN4O2. The van der Waals surface area contributed by atoms with E-state index in [1.807, 2.05) is 0 Å². The average molecular weight is 365 g/mol. The fraction of sp³-hybridized carbons (Fsp3) is 0.412. The summed E-state index contributed by atoms with van der Waals surface area (Å²) >= 11 is 5.73. The van der Waals surface area contributed by atoms with E-state index in [0.717, 1.165) is 25.7 Å². The SMILES string of the molecule is O=C(CCc1nnc(-c2ccc(F)c(Cl)c2)[nH]c1=O)NC1CCCC1. The number of nitrogens with one attached hydrogen (secondary N) is 2. The Morgan fingerprint density at radius 1 is 1.32 bits per heavy atom. The van der Waals surface area contributed by atoms with Gasteiger partial charge in [0.15, 0.2) is 5.82 Å². The van der Waals surface area contributed by atoms with Crippen molar-refractivity contribution < 1.29 is 9.18 Å². The molecule has 25 heavy (non-hydrogen) atoms. The second kappa shape index (κ2) is 7.74. The number of carbonyl (C=O) groups excluding carboxylic acids is 1. The van der Waals surface area contributed by atoms with Gasteiger partial charge in [-0.3, -0.25) is 9.59 Å². The van der Waals surface area contributed by atoms with E-state index in [1.165, 1.54) is 18.2 Å². The van der Waals surface area contributed by atoms with Crippen LogP contribution in [0, 0.1) is 5.82 Å². The van der Waals surface area contributed by atoms with E-state index in [4.69, 9.17) is 11.6 Å². The summed E-state index contributed by atoms with van der Waals surface area (Å²) in [5.74, 6) is -0.431. The van der Waals surface area contributed by atoms with Crippen LogP contribution in [0.5, 0.6) is 0 Å². The molecule has 1 aromatic heterocycles. The lowest BCUT2D eigenvalue weighted by molar-refractivity contribution is -0.121. The summed E-state index contributed by atoms with van der Waals surface area (Å²) in [4.78, 5) is 26.6. The number of aromatic nitrogens is 3. The first kappa shape index (κ1) is 17.5. The lowest BCUT2D eigenvalue weighted by atomic mass is 10.2. The van der Waals surface area contributed by atoms with E-state index in [1.54, 1.807) is 0 Å². The van der Waals surface area contributed by atoms with Crippen LogP contribution in [0.2, 0.25) is 5.02 Å². The quantitative estimate of drug-likeness (QED) is 0.853. The standard InChI is InChI=1S/C17H18ClFN4O2/c18-12-9-10(5-6-13(12)19)16-21-17(25)14(22-23-16)7-8-15(24)20-11-3-1-2-4-11/h5-6,9,11H,1-4,7-8H2,(H,20,24)(H,21,23,25). The summed E-state index contributed by atoms with van der Waals surface area (Å²) in [6, 6.07) is 4.27. The molecule has 0 saturated heterocycles. The van der Waals surface area contributed by atoms with Crippen LogP contribution in [0.15, 0.2) is 23.0 Å². The van der Waals surface area contributed by atoms with Crippen molar-refractivity contribution >= 4 is 17.5 Å². The van der Waals surface area contributed by atoms with Crippen molar-refractivity contribution in [1.82, 2.24) is 20.5 Å². The zero-order chi connectivity index (χ0) is 17.8. The van der Waals surface area contributed by atoms with Crippen LogP contribution in [-0.4, -0.2) is 27.1 Å². The van der Waals surface area contributed by atoms with E-state index in [9.17, 15) is 14.0 Å². The number of carbonyl (C=O) groups is 1. The molecule has 1 aliphatic rings. The maximum atomic E-state index is 13.2. The van der Waals surface area contributed by atoms with Crippen molar-refractivity contribution in [2.24, 2.45) is 0 Å². The smallest absolute Gasteiger partial charge is 0.273 e. The van der Waals surface area contributed by atoms with Crippen LogP contribution >= 0.6 is 11.6 Å². The second-order valence-electron chi connectivity index (χ2n) is 6.13. The first-order valence-corrected chi connectivity index (χ1v) is 8.61. The molecule has 1 heterocycles. The second-order valence-corrected chi connectivity index (χ2v) is 6.53. The number of H-pyrrole nitrogens is 1. The summed E-state index contributed by atoms with van der Waals surface area (Å²) in [6.45, 7) is 0. The molecule has 1 aromatic carbocycles.